The molecule has 1 aromatic carbocycles. The summed E-state index contributed by atoms with van der Waals surface area (Å²) in [6.07, 6.45) is 0. The van der Waals surface area contributed by atoms with Gasteiger partial charge in [-0.25, -0.2) is 9.10 Å². The zero-order valence-corrected chi connectivity index (χ0v) is 8.07. The first-order valence-electron chi connectivity index (χ1n) is 3.70. The molecule has 0 bridgehead atoms. The van der Waals surface area contributed by atoms with Crippen molar-refractivity contribution in [1.29, 1.82) is 0 Å². The van der Waals surface area contributed by atoms with E-state index in [-0.39, 0.29) is 0 Å². The Kier molecular flexibility index (Phi) is 2.98. The molecule has 4 N–H and O–H groups in total. The Morgan fingerprint density at radius 2 is 1.64 bits per heavy atom. The lowest BCUT2D eigenvalue weighted by atomic mass is 10.2. The van der Waals surface area contributed by atoms with Crippen molar-refractivity contribution >= 4 is 30.4 Å². The number of hydrogen-bond donors (Lipinski definition) is 3. The van der Waals surface area contributed by atoms with Gasteiger partial charge >= 0.3 is 6.03 Å². The number of benzene rings is 1. The molecule has 0 spiro atoms. The topological polar surface area (TPSA) is 89.4 Å². The zero-order chi connectivity index (χ0) is 10.7. The lowest BCUT2D eigenvalue weighted by molar-refractivity contribution is 0.100. The predicted octanol–water partition coefficient (Wildman–Crippen LogP) is 0.515. The number of amides is 3. The highest BCUT2D eigenvalue weighted by atomic mass is 32.1. The minimum absolute atomic E-state index is 0.361. The number of hydrogen-bond acceptors (Lipinski definition) is 3. The molecule has 0 aliphatic heterocycles. The summed E-state index contributed by atoms with van der Waals surface area (Å²) in [5, 5.41) is 0. The molecule has 1 aromatic rings. The Morgan fingerprint density at radius 3 is 2.00 bits per heavy atom. The normalized spacial score (nSPS) is 9.50. The van der Waals surface area contributed by atoms with E-state index < -0.39 is 11.9 Å². The lowest BCUT2D eigenvalue weighted by Crippen LogP contribution is -2.27. The van der Waals surface area contributed by atoms with Gasteiger partial charge in [0.15, 0.2) is 0 Å². The Labute approximate surface area is 86.2 Å². The van der Waals surface area contributed by atoms with Gasteiger partial charge in [0.25, 0.3) is 0 Å². The number of urea groups is 1. The molecule has 6 heteroatoms. The van der Waals surface area contributed by atoms with Crippen molar-refractivity contribution < 1.29 is 9.59 Å². The van der Waals surface area contributed by atoms with E-state index in [1.54, 1.807) is 0 Å². The maximum Gasteiger partial charge on any atom is 0.329 e. The van der Waals surface area contributed by atoms with E-state index in [0.717, 1.165) is 4.31 Å². The number of carbonyl (C=O) groups excluding carboxylic acids is 2. The Balaban J connectivity index is 2.94. The molecular weight excluding hydrogens is 202 g/mol. The van der Waals surface area contributed by atoms with Crippen molar-refractivity contribution in [2.24, 2.45) is 11.5 Å². The number of primary amides is 2. The highest BCUT2D eigenvalue weighted by molar-refractivity contribution is 7.82. The smallest absolute Gasteiger partial charge is 0.329 e. The number of carbonyl (C=O) groups is 2. The SMILES string of the molecule is NC(=O)c1ccc(N(S)C(N)=O)cc1. The first kappa shape index (κ1) is 10.4. The van der Waals surface area contributed by atoms with E-state index in [2.05, 4.69) is 12.8 Å². The van der Waals surface area contributed by atoms with Crippen LogP contribution in [-0.2, 0) is 0 Å². The summed E-state index contributed by atoms with van der Waals surface area (Å²) in [4.78, 5) is 21.4. The van der Waals surface area contributed by atoms with Gasteiger partial charge < -0.3 is 11.5 Å². The summed E-state index contributed by atoms with van der Waals surface area (Å²) in [6.45, 7) is 0. The fourth-order valence-corrected chi connectivity index (χ4v) is 1.03. The highest BCUT2D eigenvalue weighted by Crippen LogP contribution is 2.16. The zero-order valence-electron chi connectivity index (χ0n) is 7.18. The Morgan fingerprint density at radius 1 is 1.14 bits per heavy atom. The van der Waals surface area contributed by atoms with Crippen LogP contribution in [0.5, 0.6) is 0 Å². The average molecular weight is 211 g/mol. The third-order valence-electron chi connectivity index (χ3n) is 1.61. The van der Waals surface area contributed by atoms with Crippen LogP contribution in [0, 0.1) is 0 Å². The molecule has 0 atom stereocenters. The van der Waals surface area contributed by atoms with Crippen LogP contribution in [0.3, 0.4) is 0 Å². The molecule has 0 unspecified atom stereocenters. The van der Waals surface area contributed by atoms with Gasteiger partial charge in [0.05, 0.1) is 5.69 Å². The number of nitrogens with zero attached hydrogens (tertiary/aromatic N) is 1. The van der Waals surface area contributed by atoms with Crippen molar-refractivity contribution in [1.82, 2.24) is 0 Å². The minimum Gasteiger partial charge on any atom is -0.366 e. The summed E-state index contributed by atoms with van der Waals surface area (Å²) in [6, 6.07) is 5.34. The quantitative estimate of drug-likeness (QED) is 0.622. The maximum absolute atomic E-state index is 10.7. The van der Waals surface area contributed by atoms with Crippen molar-refractivity contribution in [2.75, 3.05) is 4.31 Å². The van der Waals surface area contributed by atoms with Crippen molar-refractivity contribution in [3.8, 4) is 0 Å². The maximum atomic E-state index is 10.7. The van der Waals surface area contributed by atoms with Crippen molar-refractivity contribution in [3.05, 3.63) is 29.8 Å². The van der Waals surface area contributed by atoms with Crippen LogP contribution in [0.25, 0.3) is 0 Å². The second-order valence-electron chi connectivity index (χ2n) is 2.56. The summed E-state index contributed by atoms with van der Waals surface area (Å²) >= 11 is 3.84. The van der Waals surface area contributed by atoms with Gasteiger partial charge in [-0.3, -0.25) is 4.79 Å². The second-order valence-corrected chi connectivity index (χ2v) is 2.96. The average Bonchev–Trinajstić information content (AvgIpc) is 2.16. The van der Waals surface area contributed by atoms with Gasteiger partial charge in [-0.1, -0.05) is 12.8 Å². The fourth-order valence-electron chi connectivity index (χ4n) is 0.894. The highest BCUT2D eigenvalue weighted by Gasteiger charge is 2.07. The molecule has 0 aliphatic carbocycles. The summed E-state index contributed by atoms with van der Waals surface area (Å²) in [7, 11) is 0. The summed E-state index contributed by atoms with van der Waals surface area (Å²) in [5.41, 5.74) is 10.9. The van der Waals surface area contributed by atoms with Gasteiger partial charge in [-0.05, 0) is 24.3 Å². The van der Waals surface area contributed by atoms with Crippen LogP contribution in [0.2, 0.25) is 0 Å². The van der Waals surface area contributed by atoms with Gasteiger partial charge in [0.2, 0.25) is 5.91 Å². The fraction of sp³-hybridized carbons (Fsp3) is 0. The molecule has 0 saturated heterocycles. The molecule has 3 amide bonds. The molecule has 0 saturated carbocycles. The van der Waals surface area contributed by atoms with E-state index in [4.69, 9.17) is 11.5 Å². The molecule has 5 nitrogen and oxygen atoms in total. The van der Waals surface area contributed by atoms with E-state index in [9.17, 15) is 9.59 Å². The van der Waals surface area contributed by atoms with Gasteiger partial charge in [0.1, 0.15) is 0 Å². The first-order chi connectivity index (χ1) is 6.52. The number of rotatable bonds is 2. The van der Waals surface area contributed by atoms with Crippen molar-refractivity contribution in [2.45, 2.75) is 0 Å². The molecule has 0 fully saturated rings. The molecular formula is C8H9N3O2S. The lowest BCUT2D eigenvalue weighted by Gasteiger charge is -2.12. The largest absolute Gasteiger partial charge is 0.366 e. The van der Waals surface area contributed by atoms with Crippen LogP contribution in [0.1, 0.15) is 10.4 Å². The molecule has 1 rings (SSSR count). The molecule has 0 aromatic heterocycles. The number of thiol groups is 1. The minimum atomic E-state index is -0.694. The third kappa shape index (κ3) is 2.17. The van der Waals surface area contributed by atoms with Gasteiger partial charge in [-0.2, -0.15) is 0 Å². The summed E-state index contributed by atoms with van der Waals surface area (Å²) in [5.74, 6) is -0.527. The van der Waals surface area contributed by atoms with Gasteiger partial charge in [-0.15, -0.1) is 0 Å². The Hall–Kier alpha value is -1.69. The van der Waals surface area contributed by atoms with E-state index in [0.29, 0.717) is 11.3 Å². The molecule has 0 aliphatic rings. The van der Waals surface area contributed by atoms with Crippen LogP contribution in [0.4, 0.5) is 10.5 Å². The van der Waals surface area contributed by atoms with Crippen LogP contribution >= 0.6 is 12.8 Å². The van der Waals surface area contributed by atoms with E-state index in [1.807, 2.05) is 0 Å². The van der Waals surface area contributed by atoms with E-state index >= 15 is 0 Å². The number of anilines is 1. The first-order valence-corrected chi connectivity index (χ1v) is 4.10. The van der Waals surface area contributed by atoms with E-state index in [1.165, 1.54) is 24.3 Å². The van der Waals surface area contributed by atoms with Crippen LogP contribution in [-0.4, -0.2) is 11.9 Å². The van der Waals surface area contributed by atoms with Gasteiger partial charge in [0, 0.05) is 5.56 Å². The molecule has 74 valence electrons. The number of nitrogens with two attached hydrogens (primary N) is 2. The third-order valence-corrected chi connectivity index (χ3v) is 2.03. The second kappa shape index (κ2) is 4.01. The molecule has 0 radical (unpaired) electrons. The molecule has 0 heterocycles. The van der Waals surface area contributed by atoms with Crippen molar-refractivity contribution in [3.63, 3.8) is 0 Å². The summed E-state index contributed by atoms with van der Waals surface area (Å²) < 4.78 is 0.963. The van der Waals surface area contributed by atoms with Crippen LogP contribution in [0.15, 0.2) is 24.3 Å². The standard InChI is InChI=1S/C8H9N3O2S/c9-7(12)5-1-3-6(4-2-5)11(14)8(10)13/h1-4,14H,(H2,9,12)(H2,10,13). The monoisotopic (exact) mass is 211 g/mol. The van der Waals surface area contributed by atoms with Crippen LogP contribution < -0.4 is 15.8 Å². The predicted molar refractivity (Wildman–Crippen MR) is 56.0 cm³/mol. The Bertz CT molecular complexity index is 363. The molecule has 14 heavy (non-hydrogen) atoms.